The van der Waals surface area contributed by atoms with Crippen LogP contribution in [0.5, 0.6) is 5.75 Å². The van der Waals surface area contributed by atoms with Gasteiger partial charge in [-0.3, -0.25) is 9.69 Å². The van der Waals surface area contributed by atoms with Gasteiger partial charge in [0.2, 0.25) is 0 Å². The van der Waals surface area contributed by atoms with Crippen molar-refractivity contribution >= 4 is 12.0 Å². The van der Waals surface area contributed by atoms with Crippen LogP contribution in [0.3, 0.4) is 0 Å². The van der Waals surface area contributed by atoms with Crippen molar-refractivity contribution in [2.75, 3.05) is 26.8 Å². The predicted octanol–water partition coefficient (Wildman–Crippen LogP) is 1.66. The smallest absolute Gasteiger partial charge is 0.410 e. The van der Waals surface area contributed by atoms with Gasteiger partial charge in [-0.1, -0.05) is 6.07 Å². The fourth-order valence-corrected chi connectivity index (χ4v) is 2.20. The molecule has 0 spiro atoms. The highest BCUT2D eigenvalue weighted by molar-refractivity contribution is 5.94. The molecule has 2 rings (SSSR count). The molecular formula is C15H20N2O4. The highest BCUT2D eigenvalue weighted by atomic mass is 16.6. The van der Waals surface area contributed by atoms with Crippen molar-refractivity contribution in [2.24, 2.45) is 0 Å². The molecule has 0 aliphatic carbocycles. The summed E-state index contributed by atoms with van der Waals surface area (Å²) in [7, 11) is 1.55. The summed E-state index contributed by atoms with van der Waals surface area (Å²) in [5.41, 5.74) is 0.0245. The van der Waals surface area contributed by atoms with E-state index in [9.17, 15) is 9.59 Å². The lowest BCUT2D eigenvalue weighted by molar-refractivity contribution is 0.0902. The zero-order chi connectivity index (χ0) is 15.5. The molecule has 21 heavy (non-hydrogen) atoms. The summed E-state index contributed by atoms with van der Waals surface area (Å²) in [6.45, 7) is 5.07. The molecule has 1 aliphatic heterocycles. The third-order valence-electron chi connectivity index (χ3n) is 3.50. The van der Waals surface area contributed by atoms with Crippen LogP contribution in [0, 0.1) is 0 Å². The van der Waals surface area contributed by atoms with Gasteiger partial charge in [0.15, 0.2) is 0 Å². The molecule has 1 aliphatic rings. The van der Waals surface area contributed by atoms with Crippen LogP contribution in [0.15, 0.2) is 24.3 Å². The molecule has 0 bridgehead atoms. The molecule has 0 unspecified atom stereocenters. The second kappa shape index (κ2) is 6.03. The van der Waals surface area contributed by atoms with Crippen molar-refractivity contribution in [3.8, 4) is 5.75 Å². The second-order valence-electron chi connectivity index (χ2n) is 5.49. The third-order valence-corrected chi connectivity index (χ3v) is 3.50. The maximum Gasteiger partial charge on any atom is 0.410 e. The second-order valence-corrected chi connectivity index (χ2v) is 5.49. The van der Waals surface area contributed by atoms with E-state index >= 15 is 0 Å². The Bertz CT molecular complexity index is 542. The summed E-state index contributed by atoms with van der Waals surface area (Å²) in [5, 5.41) is 2.84. The summed E-state index contributed by atoms with van der Waals surface area (Å²) < 4.78 is 10.0. The standard InChI is InChI=1S/C15H20N2O4/c1-15(2,17-7-8-21-14(17)19)10-16-13(18)11-5-4-6-12(9-11)20-3/h4-6,9H,7-8,10H2,1-3H3,(H,16,18). The average Bonchev–Trinajstić information content (AvgIpc) is 2.92. The molecule has 114 valence electrons. The zero-order valence-electron chi connectivity index (χ0n) is 12.5. The van der Waals surface area contributed by atoms with E-state index < -0.39 is 5.54 Å². The van der Waals surface area contributed by atoms with E-state index in [1.807, 2.05) is 13.8 Å². The van der Waals surface area contributed by atoms with Crippen LogP contribution in [0.1, 0.15) is 24.2 Å². The lowest BCUT2D eigenvalue weighted by Gasteiger charge is -2.33. The van der Waals surface area contributed by atoms with Gasteiger partial charge in [0.05, 0.1) is 19.2 Å². The Balaban J connectivity index is 1.98. The quantitative estimate of drug-likeness (QED) is 0.896. The summed E-state index contributed by atoms with van der Waals surface area (Å²) in [6.07, 6.45) is -0.337. The number of cyclic esters (lactones) is 1. The molecular weight excluding hydrogens is 272 g/mol. The normalized spacial score (nSPS) is 14.8. The Kier molecular flexibility index (Phi) is 4.35. The van der Waals surface area contributed by atoms with Gasteiger partial charge in [0.1, 0.15) is 12.4 Å². The first-order valence-corrected chi connectivity index (χ1v) is 6.81. The van der Waals surface area contributed by atoms with Gasteiger partial charge in [0, 0.05) is 12.1 Å². The van der Waals surface area contributed by atoms with Crippen LogP contribution in [-0.2, 0) is 4.74 Å². The van der Waals surface area contributed by atoms with Crippen LogP contribution in [0.4, 0.5) is 4.79 Å². The topological polar surface area (TPSA) is 67.9 Å². The molecule has 2 amide bonds. The molecule has 0 saturated carbocycles. The monoisotopic (exact) mass is 292 g/mol. The fraction of sp³-hybridized carbons (Fsp3) is 0.467. The van der Waals surface area contributed by atoms with E-state index in [1.165, 1.54) is 0 Å². The van der Waals surface area contributed by atoms with Crippen LogP contribution < -0.4 is 10.1 Å². The maximum atomic E-state index is 12.2. The summed E-state index contributed by atoms with van der Waals surface area (Å²) in [6, 6.07) is 6.93. The molecule has 1 fully saturated rings. The Morgan fingerprint density at radius 2 is 2.24 bits per heavy atom. The third kappa shape index (κ3) is 3.45. The minimum absolute atomic E-state index is 0.200. The molecule has 1 N–H and O–H groups in total. The zero-order valence-corrected chi connectivity index (χ0v) is 12.5. The lowest BCUT2D eigenvalue weighted by Crippen LogP contribution is -2.52. The molecule has 1 aromatic rings. The first kappa shape index (κ1) is 15.2. The Hall–Kier alpha value is -2.24. The average molecular weight is 292 g/mol. The SMILES string of the molecule is COc1cccc(C(=O)NCC(C)(C)N2CCOC2=O)c1. The minimum Gasteiger partial charge on any atom is -0.497 e. The van der Waals surface area contributed by atoms with Crippen molar-refractivity contribution in [3.63, 3.8) is 0 Å². The number of amides is 2. The molecule has 1 aromatic carbocycles. The van der Waals surface area contributed by atoms with E-state index in [4.69, 9.17) is 9.47 Å². The number of carbonyl (C=O) groups is 2. The number of hydrogen-bond donors (Lipinski definition) is 1. The molecule has 1 heterocycles. The number of nitrogens with one attached hydrogen (secondary N) is 1. The Morgan fingerprint density at radius 3 is 2.86 bits per heavy atom. The maximum absolute atomic E-state index is 12.2. The van der Waals surface area contributed by atoms with Gasteiger partial charge in [-0.25, -0.2) is 4.79 Å². The molecule has 6 heteroatoms. The van der Waals surface area contributed by atoms with E-state index in [1.54, 1.807) is 36.3 Å². The predicted molar refractivity (Wildman–Crippen MR) is 77.5 cm³/mol. The van der Waals surface area contributed by atoms with Gasteiger partial charge in [-0.15, -0.1) is 0 Å². The van der Waals surface area contributed by atoms with Crippen LogP contribution in [0.2, 0.25) is 0 Å². The van der Waals surface area contributed by atoms with Crippen molar-refractivity contribution in [2.45, 2.75) is 19.4 Å². The molecule has 6 nitrogen and oxygen atoms in total. The summed E-state index contributed by atoms with van der Waals surface area (Å²) in [5.74, 6) is 0.430. The highest BCUT2D eigenvalue weighted by Crippen LogP contribution is 2.19. The minimum atomic E-state index is -0.498. The fourth-order valence-electron chi connectivity index (χ4n) is 2.20. The van der Waals surface area contributed by atoms with E-state index in [0.29, 0.717) is 31.0 Å². The Morgan fingerprint density at radius 1 is 1.48 bits per heavy atom. The number of hydrogen-bond acceptors (Lipinski definition) is 4. The number of benzene rings is 1. The number of nitrogens with zero attached hydrogens (tertiary/aromatic N) is 1. The number of rotatable bonds is 5. The van der Waals surface area contributed by atoms with Gasteiger partial charge in [-0.05, 0) is 32.0 Å². The van der Waals surface area contributed by atoms with Gasteiger partial charge in [0.25, 0.3) is 5.91 Å². The van der Waals surface area contributed by atoms with E-state index in [0.717, 1.165) is 0 Å². The molecule has 1 saturated heterocycles. The van der Waals surface area contributed by atoms with Gasteiger partial charge in [-0.2, -0.15) is 0 Å². The van der Waals surface area contributed by atoms with Crippen LogP contribution in [0.25, 0.3) is 0 Å². The largest absolute Gasteiger partial charge is 0.497 e. The van der Waals surface area contributed by atoms with Crippen molar-refractivity contribution < 1.29 is 19.1 Å². The number of ether oxygens (including phenoxy) is 2. The van der Waals surface area contributed by atoms with E-state index in [2.05, 4.69) is 5.32 Å². The van der Waals surface area contributed by atoms with Crippen LogP contribution >= 0.6 is 0 Å². The molecule has 0 aromatic heterocycles. The summed E-state index contributed by atoms with van der Waals surface area (Å²) >= 11 is 0. The molecule has 0 radical (unpaired) electrons. The van der Waals surface area contributed by atoms with E-state index in [-0.39, 0.29) is 12.0 Å². The number of carbonyl (C=O) groups excluding carboxylic acids is 2. The Labute approximate surface area is 124 Å². The van der Waals surface area contributed by atoms with Crippen molar-refractivity contribution in [1.29, 1.82) is 0 Å². The first-order chi connectivity index (χ1) is 9.94. The lowest BCUT2D eigenvalue weighted by atomic mass is 10.0. The first-order valence-electron chi connectivity index (χ1n) is 6.81. The van der Waals surface area contributed by atoms with Crippen molar-refractivity contribution in [3.05, 3.63) is 29.8 Å². The van der Waals surface area contributed by atoms with Crippen LogP contribution in [-0.4, -0.2) is 49.2 Å². The van der Waals surface area contributed by atoms with Gasteiger partial charge < -0.3 is 14.8 Å². The van der Waals surface area contributed by atoms with Crippen molar-refractivity contribution in [1.82, 2.24) is 10.2 Å². The molecule has 0 atom stereocenters. The number of methoxy groups -OCH3 is 1. The van der Waals surface area contributed by atoms with Gasteiger partial charge >= 0.3 is 6.09 Å². The summed E-state index contributed by atoms with van der Waals surface area (Å²) in [4.78, 5) is 25.4. The highest BCUT2D eigenvalue weighted by Gasteiger charge is 2.35.